The first-order valence-corrected chi connectivity index (χ1v) is 14.3. The zero-order valence-corrected chi connectivity index (χ0v) is 17.2. The van der Waals surface area contributed by atoms with Gasteiger partial charge in [0.25, 0.3) is 0 Å². The molecule has 0 aromatic rings. The first-order chi connectivity index (χ1) is 9.54. The Hall–Kier alpha value is 0.910. The molecular weight excluding hydrogens is 327 g/mol. The van der Waals surface area contributed by atoms with Crippen LogP contribution in [0.4, 0.5) is 0 Å². The van der Waals surface area contributed by atoms with Crippen LogP contribution in [0, 0.1) is 0 Å². The van der Waals surface area contributed by atoms with E-state index in [2.05, 4.69) is 43.2 Å². The Labute approximate surface area is 137 Å². The van der Waals surface area contributed by atoms with Crippen molar-refractivity contribution in [3.05, 3.63) is 0 Å². The predicted octanol–water partition coefficient (Wildman–Crippen LogP) is 7.83. The summed E-state index contributed by atoms with van der Waals surface area (Å²) < 4.78 is 0. The molecule has 0 aliphatic heterocycles. The summed E-state index contributed by atoms with van der Waals surface area (Å²) in [7, 11) is 0. The summed E-state index contributed by atoms with van der Waals surface area (Å²) in [5, 5.41) is -1.58. The van der Waals surface area contributed by atoms with Crippen molar-refractivity contribution in [2.24, 2.45) is 0 Å². The molecule has 0 saturated carbocycles. The summed E-state index contributed by atoms with van der Waals surface area (Å²) in [6.07, 6.45) is 20.1. The van der Waals surface area contributed by atoms with E-state index in [9.17, 15) is 0 Å². The van der Waals surface area contributed by atoms with Gasteiger partial charge in [0, 0.05) is 0 Å². The maximum absolute atomic E-state index is 4.48. The van der Waals surface area contributed by atoms with Crippen molar-refractivity contribution in [3.8, 4) is 0 Å². The van der Waals surface area contributed by atoms with Crippen molar-refractivity contribution in [3.63, 3.8) is 0 Å². The third kappa shape index (κ3) is 8.38. The zero-order valence-electron chi connectivity index (χ0n) is 14.7. The Bertz CT molecular complexity index is 203. The average molecular weight is 367 g/mol. The van der Waals surface area contributed by atoms with E-state index in [0.717, 1.165) is 0 Å². The minimum atomic E-state index is -1.58. The second-order valence-electron chi connectivity index (χ2n) is 6.84. The fourth-order valence-electron chi connectivity index (χ4n) is 3.26. The normalized spacial score (nSPS) is 14.2. The summed E-state index contributed by atoms with van der Waals surface area (Å²) in [4.78, 5) is 0. The van der Waals surface area contributed by atoms with E-state index in [1.54, 1.807) is 0 Å². The second-order valence-corrected chi connectivity index (χ2v) is 18.3. The molecule has 0 saturated heterocycles. The standard InChI is InChI=1S/C18H40BrP/c1-5-9-13-14-18-20(19,15-10-6-2,16-11-7-3)17-12-8-4/h5-18H2,1-4H3. The SMILES string of the molecule is CCCCCCP(Br)(CCCC)(CCCC)CCCC. The van der Waals surface area contributed by atoms with Gasteiger partial charge in [-0.25, -0.2) is 0 Å². The van der Waals surface area contributed by atoms with Crippen LogP contribution in [0.5, 0.6) is 0 Å². The Morgan fingerprint density at radius 1 is 0.500 bits per heavy atom. The molecular formula is C18H40BrP. The molecule has 0 aliphatic rings. The molecule has 0 aliphatic carbocycles. The Morgan fingerprint density at radius 2 is 0.850 bits per heavy atom. The van der Waals surface area contributed by atoms with E-state index in [1.165, 1.54) is 88.9 Å². The van der Waals surface area contributed by atoms with E-state index in [4.69, 9.17) is 0 Å². The van der Waals surface area contributed by atoms with Crippen molar-refractivity contribution in [2.45, 2.75) is 91.9 Å². The minimum absolute atomic E-state index is 1.36. The molecule has 0 amide bonds. The van der Waals surface area contributed by atoms with Gasteiger partial charge in [-0.2, -0.15) is 0 Å². The van der Waals surface area contributed by atoms with Crippen LogP contribution in [0.15, 0.2) is 0 Å². The Balaban J connectivity index is 4.77. The van der Waals surface area contributed by atoms with Crippen LogP contribution in [0.25, 0.3) is 0 Å². The summed E-state index contributed by atoms with van der Waals surface area (Å²) in [5.74, 6) is 0. The topological polar surface area (TPSA) is 0 Å². The van der Waals surface area contributed by atoms with Gasteiger partial charge >= 0.3 is 137 Å². The number of hydrogen-bond acceptors (Lipinski definition) is 0. The van der Waals surface area contributed by atoms with Gasteiger partial charge in [-0.1, -0.05) is 0 Å². The van der Waals surface area contributed by atoms with E-state index in [-0.39, 0.29) is 0 Å². The molecule has 0 unspecified atom stereocenters. The molecule has 0 aromatic heterocycles. The van der Waals surface area contributed by atoms with Crippen LogP contribution in [-0.2, 0) is 0 Å². The van der Waals surface area contributed by atoms with Gasteiger partial charge in [-0.3, -0.25) is 0 Å². The number of rotatable bonds is 14. The van der Waals surface area contributed by atoms with Crippen LogP contribution in [0.3, 0.4) is 0 Å². The van der Waals surface area contributed by atoms with E-state index in [0.29, 0.717) is 0 Å². The van der Waals surface area contributed by atoms with Crippen molar-refractivity contribution in [2.75, 3.05) is 24.6 Å². The molecule has 2 heteroatoms. The summed E-state index contributed by atoms with van der Waals surface area (Å²) in [6, 6.07) is 0. The van der Waals surface area contributed by atoms with Crippen molar-refractivity contribution < 1.29 is 0 Å². The first kappa shape index (κ1) is 20.9. The molecule has 0 spiro atoms. The molecule has 0 nitrogen and oxygen atoms in total. The molecule has 20 heavy (non-hydrogen) atoms. The van der Waals surface area contributed by atoms with E-state index < -0.39 is 5.31 Å². The van der Waals surface area contributed by atoms with Crippen LogP contribution < -0.4 is 0 Å². The molecule has 0 N–H and O–H groups in total. The van der Waals surface area contributed by atoms with Crippen molar-refractivity contribution in [1.29, 1.82) is 0 Å². The monoisotopic (exact) mass is 366 g/mol. The summed E-state index contributed by atoms with van der Waals surface area (Å²) in [6.45, 7) is 9.37. The number of unbranched alkanes of at least 4 members (excludes halogenated alkanes) is 6. The van der Waals surface area contributed by atoms with Crippen LogP contribution in [0.1, 0.15) is 91.9 Å². The van der Waals surface area contributed by atoms with Crippen molar-refractivity contribution in [1.82, 2.24) is 0 Å². The van der Waals surface area contributed by atoms with Gasteiger partial charge in [-0.05, 0) is 0 Å². The Kier molecular flexibility index (Phi) is 12.0. The molecule has 0 heterocycles. The zero-order chi connectivity index (χ0) is 15.3. The third-order valence-corrected chi connectivity index (χ3v) is 14.8. The molecule has 0 fully saturated rings. The molecule has 0 bridgehead atoms. The number of hydrogen-bond donors (Lipinski definition) is 0. The van der Waals surface area contributed by atoms with E-state index >= 15 is 0 Å². The fourth-order valence-corrected chi connectivity index (χ4v) is 11.9. The summed E-state index contributed by atoms with van der Waals surface area (Å²) >= 11 is 4.48. The molecule has 0 rings (SSSR count). The average Bonchev–Trinajstić information content (AvgIpc) is 2.47. The molecule has 0 aromatic carbocycles. The predicted molar refractivity (Wildman–Crippen MR) is 104 cm³/mol. The Morgan fingerprint density at radius 3 is 1.20 bits per heavy atom. The first-order valence-electron chi connectivity index (χ1n) is 9.26. The van der Waals surface area contributed by atoms with Crippen LogP contribution in [0.2, 0.25) is 0 Å². The second kappa shape index (κ2) is 11.5. The van der Waals surface area contributed by atoms with Gasteiger partial charge in [0.2, 0.25) is 0 Å². The van der Waals surface area contributed by atoms with E-state index in [1.807, 2.05) is 0 Å². The van der Waals surface area contributed by atoms with Crippen LogP contribution >= 0.6 is 20.8 Å². The third-order valence-electron chi connectivity index (χ3n) is 4.78. The van der Waals surface area contributed by atoms with Gasteiger partial charge in [0.15, 0.2) is 0 Å². The van der Waals surface area contributed by atoms with Crippen LogP contribution in [-0.4, -0.2) is 24.6 Å². The maximum atomic E-state index is 4.48. The van der Waals surface area contributed by atoms with Gasteiger partial charge in [-0.15, -0.1) is 0 Å². The molecule has 124 valence electrons. The van der Waals surface area contributed by atoms with Gasteiger partial charge in [0.1, 0.15) is 0 Å². The van der Waals surface area contributed by atoms with Gasteiger partial charge in [0.05, 0.1) is 0 Å². The number of halogens is 1. The quantitative estimate of drug-likeness (QED) is 0.217. The van der Waals surface area contributed by atoms with Crippen molar-refractivity contribution >= 4 is 20.8 Å². The molecule has 0 atom stereocenters. The summed E-state index contributed by atoms with van der Waals surface area (Å²) in [5.41, 5.74) is 0. The molecule has 0 radical (unpaired) electrons. The van der Waals surface area contributed by atoms with Gasteiger partial charge < -0.3 is 0 Å². The fraction of sp³-hybridized carbons (Fsp3) is 1.00.